The maximum absolute atomic E-state index is 13.7. The van der Waals surface area contributed by atoms with Crippen molar-refractivity contribution in [3.05, 3.63) is 90.2 Å². The highest BCUT2D eigenvalue weighted by atomic mass is 19.1. The molecule has 0 radical (unpaired) electrons. The molecule has 186 valence electrons. The fourth-order valence-electron chi connectivity index (χ4n) is 3.98. The van der Waals surface area contributed by atoms with Crippen molar-refractivity contribution in [1.82, 2.24) is 19.9 Å². The molecule has 8 nitrogen and oxygen atoms in total. The summed E-state index contributed by atoms with van der Waals surface area (Å²) in [6, 6.07) is 21.1. The van der Waals surface area contributed by atoms with Crippen molar-refractivity contribution >= 4 is 28.5 Å². The second-order valence-corrected chi connectivity index (χ2v) is 8.18. The Bertz CT molecular complexity index is 1290. The molecule has 0 unspecified atom stereocenters. The smallest absolute Gasteiger partial charge is 0.251 e. The topological polar surface area (TPSA) is 89.3 Å². The largest absolute Gasteiger partial charge is 0.382 e. The molecule has 3 aromatic carbocycles. The summed E-state index contributed by atoms with van der Waals surface area (Å²) < 4.78 is 20.4. The number of hydrogen-bond acceptors (Lipinski definition) is 5. The van der Waals surface area contributed by atoms with E-state index in [1.54, 1.807) is 4.90 Å². The van der Waals surface area contributed by atoms with Crippen LogP contribution in [0.15, 0.2) is 78.9 Å². The van der Waals surface area contributed by atoms with Gasteiger partial charge in [0, 0.05) is 25.4 Å². The number of nitrogens with zero attached hydrogens (tertiary/aromatic N) is 4. The second kappa shape index (κ2) is 12.0. The van der Waals surface area contributed by atoms with Gasteiger partial charge in [-0.3, -0.25) is 9.59 Å². The molecule has 1 heterocycles. The first-order valence-electron chi connectivity index (χ1n) is 11.8. The zero-order chi connectivity index (χ0) is 25.3. The van der Waals surface area contributed by atoms with Crippen LogP contribution in [0.4, 0.5) is 10.1 Å². The quantitative estimate of drug-likeness (QED) is 0.319. The molecule has 0 bridgehead atoms. The number of amides is 2. The third kappa shape index (κ3) is 6.11. The molecule has 36 heavy (non-hydrogen) atoms. The number of carbonyl (C=O) groups is 2. The average molecular weight is 490 g/mol. The van der Waals surface area contributed by atoms with Gasteiger partial charge in [0.2, 0.25) is 5.91 Å². The van der Waals surface area contributed by atoms with Crippen molar-refractivity contribution < 1.29 is 18.7 Å². The van der Waals surface area contributed by atoms with Gasteiger partial charge in [-0.25, -0.2) is 9.07 Å². The normalized spacial score (nSPS) is 11.8. The van der Waals surface area contributed by atoms with E-state index in [9.17, 15) is 14.0 Å². The zero-order valence-electron chi connectivity index (χ0n) is 20.0. The van der Waals surface area contributed by atoms with Crippen molar-refractivity contribution in [2.75, 3.05) is 25.1 Å². The molecule has 0 saturated heterocycles. The molecule has 0 saturated carbocycles. The lowest BCUT2D eigenvalue weighted by Gasteiger charge is -2.31. The van der Waals surface area contributed by atoms with Gasteiger partial charge in [0.15, 0.2) is 0 Å². The Balaban J connectivity index is 1.65. The van der Waals surface area contributed by atoms with E-state index in [1.165, 1.54) is 28.9 Å². The first-order valence-corrected chi connectivity index (χ1v) is 11.8. The molecule has 0 spiro atoms. The van der Waals surface area contributed by atoms with Crippen LogP contribution in [0.25, 0.3) is 11.0 Å². The van der Waals surface area contributed by atoms with E-state index in [4.69, 9.17) is 4.74 Å². The van der Waals surface area contributed by atoms with Crippen LogP contribution in [-0.4, -0.2) is 51.5 Å². The highest BCUT2D eigenvalue weighted by Crippen LogP contribution is 2.25. The standard InChI is InChI=1S/C27H28FN5O3/c1-2-36-18-8-17-32(25(34)19-33-24-12-7-6-11-23(24)30-31-33)26(20-9-4-3-5-10-20)27(35)29-22-15-13-21(28)14-16-22/h3-7,9-16,26H,2,8,17-19H2,1H3,(H,29,35)/t26-/m1/s1. The number of anilines is 1. The van der Waals surface area contributed by atoms with Crippen LogP contribution in [0.2, 0.25) is 0 Å². The molecule has 2 amide bonds. The predicted molar refractivity (Wildman–Crippen MR) is 135 cm³/mol. The number of aromatic nitrogens is 3. The average Bonchev–Trinajstić information content (AvgIpc) is 3.30. The van der Waals surface area contributed by atoms with Crippen LogP contribution in [0.5, 0.6) is 0 Å². The summed E-state index contributed by atoms with van der Waals surface area (Å²) in [6.07, 6.45) is 0.546. The Morgan fingerprint density at radius 2 is 1.75 bits per heavy atom. The number of rotatable bonds is 11. The Labute approximate surface area is 208 Å². The number of halogens is 1. The lowest BCUT2D eigenvalue weighted by Crippen LogP contribution is -2.43. The Morgan fingerprint density at radius 3 is 2.50 bits per heavy atom. The summed E-state index contributed by atoms with van der Waals surface area (Å²) in [6.45, 7) is 3.13. The number of hydrogen-bond donors (Lipinski definition) is 1. The van der Waals surface area contributed by atoms with Crippen LogP contribution in [0.1, 0.15) is 24.9 Å². The van der Waals surface area contributed by atoms with E-state index in [1.807, 2.05) is 61.5 Å². The number of ether oxygens (including phenoxy) is 1. The first kappa shape index (κ1) is 25.0. The summed E-state index contributed by atoms with van der Waals surface area (Å²) >= 11 is 0. The fourth-order valence-corrected chi connectivity index (χ4v) is 3.98. The van der Waals surface area contributed by atoms with Crippen molar-refractivity contribution in [3.8, 4) is 0 Å². The van der Waals surface area contributed by atoms with E-state index in [2.05, 4.69) is 15.6 Å². The maximum atomic E-state index is 13.7. The molecule has 9 heteroatoms. The lowest BCUT2D eigenvalue weighted by molar-refractivity contribution is -0.139. The van der Waals surface area contributed by atoms with Gasteiger partial charge in [0.1, 0.15) is 23.9 Å². The van der Waals surface area contributed by atoms with Gasteiger partial charge in [0.05, 0.1) is 5.52 Å². The van der Waals surface area contributed by atoms with Crippen LogP contribution in [0, 0.1) is 5.82 Å². The molecule has 4 aromatic rings. The molecule has 1 aromatic heterocycles. The monoisotopic (exact) mass is 489 g/mol. The molecule has 0 aliphatic carbocycles. The van der Waals surface area contributed by atoms with Gasteiger partial charge >= 0.3 is 0 Å². The van der Waals surface area contributed by atoms with Crippen LogP contribution in [0.3, 0.4) is 0 Å². The molecule has 1 N–H and O–H groups in total. The SMILES string of the molecule is CCOCCCN(C(=O)Cn1nnc2ccccc21)[C@@H](C(=O)Nc1ccc(F)cc1)c1ccccc1. The minimum atomic E-state index is -0.917. The number of benzene rings is 3. The van der Waals surface area contributed by atoms with E-state index in [-0.39, 0.29) is 12.5 Å². The summed E-state index contributed by atoms with van der Waals surface area (Å²) in [5.41, 5.74) is 2.51. The van der Waals surface area contributed by atoms with E-state index in [0.29, 0.717) is 42.9 Å². The Kier molecular flexibility index (Phi) is 8.36. The maximum Gasteiger partial charge on any atom is 0.251 e. The summed E-state index contributed by atoms with van der Waals surface area (Å²) in [4.78, 5) is 28.8. The minimum Gasteiger partial charge on any atom is -0.382 e. The number of carbonyl (C=O) groups excluding carboxylic acids is 2. The van der Waals surface area contributed by atoms with Crippen molar-refractivity contribution in [2.45, 2.75) is 25.9 Å². The van der Waals surface area contributed by atoms with Gasteiger partial charge in [-0.15, -0.1) is 5.10 Å². The zero-order valence-corrected chi connectivity index (χ0v) is 20.0. The number of para-hydroxylation sites is 1. The van der Waals surface area contributed by atoms with E-state index in [0.717, 1.165) is 5.52 Å². The van der Waals surface area contributed by atoms with Gasteiger partial charge < -0.3 is 15.0 Å². The fraction of sp³-hybridized carbons (Fsp3) is 0.259. The van der Waals surface area contributed by atoms with Crippen LogP contribution < -0.4 is 5.32 Å². The summed E-state index contributed by atoms with van der Waals surface area (Å²) in [7, 11) is 0. The number of nitrogens with one attached hydrogen (secondary N) is 1. The molecular weight excluding hydrogens is 461 g/mol. The van der Waals surface area contributed by atoms with Crippen LogP contribution >= 0.6 is 0 Å². The minimum absolute atomic E-state index is 0.0810. The molecule has 0 fully saturated rings. The van der Waals surface area contributed by atoms with E-state index < -0.39 is 17.8 Å². The summed E-state index contributed by atoms with van der Waals surface area (Å²) in [5, 5.41) is 11.1. The predicted octanol–water partition coefficient (Wildman–Crippen LogP) is 4.21. The Hall–Kier alpha value is -4.11. The highest BCUT2D eigenvalue weighted by Gasteiger charge is 2.31. The van der Waals surface area contributed by atoms with Gasteiger partial charge in [-0.05, 0) is 55.3 Å². The summed E-state index contributed by atoms with van der Waals surface area (Å²) in [5.74, 6) is -1.09. The van der Waals surface area contributed by atoms with Crippen LogP contribution in [-0.2, 0) is 20.9 Å². The molecular formula is C27H28FN5O3. The van der Waals surface area contributed by atoms with Gasteiger partial charge in [-0.2, -0.15) is 0 Å². The third-order valence-corrected chi connectivity index (χ3v) is 5.70. The second-order valence-electron chi connectivity index (χ2n) is 8.18. The first-order chi connectivity index (χ1) is 17.6. The van der Waals surface area contributed by atoms with E-state index >= 15 is 0 Å². The van der Waals surface area contributed by atoms with Crippen molar-refractivity contribution in [2.24, 2.45) is 0 Å². The van der Waals surface area contributed by atoms with Crippen molar-refractivity contribution in [3.63, 3.8) is 0 Å². The van der Waals surface area contributed by atoms with Gasteiger partial charge in [0.25, 0.3) is 5.91 Å². The Morgan fingerprint density at radius 1 is 1.03 bits per heavy atom. The van der Waals surface area contributed by atoms with Crippen molar-refractivity contribution in [1.29, 1.82) is 0 Å². The molecule has 1 atom stereocenters. The lowest BCUT2D eigenvalue weighted by atomic mass is 10.0. The molecule has 4 rings (SSSR count). The third-order valence-electron chi connectivity index (χ3n) is 5.70. The number of fused-ring (bicyclic) bond motifs is 1. The molecule has 0 aliphatic heterocycles. The van der Waals surface area contributed by atoms with Gasteiger partial charge in [-0.1, -0.05) is 47.7 Å². The molecule has 0 aliphatic rings. The highest BCUT2D eigenvalue weighted by molar-refractivity contribution is 5.98.